The Morgan fingerprint density at radius 3 is 2.24 bits per heavy atom. The Hall–Kier alpha value is -2.46. The first-order valence-corrected chi connectivity index (χ1v) is 8.94. The lowest BCUT2D eigenvalue weighted by atomic mass is 10.1. The van der Waals surface area contributed by atoms with Gasteiger partial charge in [-0.2, -0.15) is 0 Å². The van der Waals surface area contributed by atoms with Gasteiger partial charge in [0.1, 0.15) is 0 Å². The summed E-state index contributed by atoms with van der Waals surface area (Å²) in [6, 6.07) is 15.6. The third-order valence-electron chi connectivity index (χ3n) is 4.59. The number of hydrogen-bond acceptors (Lipinski definition) is 3. The van der Waals surface area contributed by atoms with Gasteiger partial charge < -0.3 is 5.32 Å². The summed E-state index contributed by atoms with van der Waals surface area (Å²) in [6.45, 7) is 4.37. The molecule has 0 unspecified atom stereocenters. The van der Waals surface area contributed by atoms with Crippen LogP contribution in [0.2, 0.25) is 0 Å². The van der Waals surface area contributed by atoms with Crippen LogP contribution in [0, 0.1) is 0 Å². The summed E-state index contributed by atoms with van der Waals surface area (Å²) >= 11 is 0. The second-order valence-corrected chi connectivity index (χ2v) is 6.36. The number of imide groups is 1. The number of fused-ring (bicyclic) bond motifs is 1. The van der Waals surface area contributed by atoms with Gasteiger partial charge in [0.2, 0.25) is 0 Å². The van der Waals surface area contributed by atoms with Crippen molar-refractivity contribution in [1.82, 2.24) is 10.2 Å². The molecule has 0 aliphatic carbocycles. The number of aryl methyl sites for hydroxylation is 1. The Morgan fingerprint density at radius 1 is 0.880 bits per heavy atom. The number of hydrogen-bond donors (Lipinski definition) is 1. The third kappa shape index (κ3) is 3.97. The van der Waals surface area contributed by atoms with Gasteiger partial charge in [-0.15, -0.1) is 0 Å². The average molecular weight is 336 g/mol. The quantitative estimate of drug-likeness (QED) is 0.594. The monoisotopic (exact) mass is 336 g/mol. The Kier molecular flexibility index (Phi) is 5.61. The van der Waals surface area contributed by atoms with Crippen LogP contribution >= 0.6 is 0 Å². The van der Waals surface area contributed by atoms with E-state index in [1.54, 1.807) is 24.3 Å². The van der Waals surface area contributed by atoms with E-state index in [2.05, 4.69) is 36.5 Å². The maximum Gasteiger partial charge on any atom is 0.261 e. The molecule has 130 valence electrons. The summed E-state index contributed by atoms with van der Waals surface area (Å²) in [6.07, 6.45) is 2.79. The molecular weight excluding hydrogens is 312 g/mol. The van der Waals surface area contributed by atoms with Gasteiger partial charge >= 0.3 is 0 Å². The maximum absolute atomic E-state index is 12.3. The molecule has 2 aromatic rings. The minimum absolute atomic E-state index is 0.162. The minimum atomic E-state index is -0.162. The van der Waals surface area contributed by atoms with Crippen molar-refractivity contribution in [1.29, 1.82) is 0 Å². The summed E-state index contributed by atoms with van der Waals surface area (Å²) in [5, 5.41) is 3.43. The van der Waals surface area contributed by atoms with Crippen molar-refractivity contribution in [3.8, 4) is 0 Å². The molecule has 4 nitrogen and oxygen atoms in total. The smallest absolute Gasteiger partial charge is 0.261 e. The topological polar surface area (TPSA) is 49.4 Å². The van der Waals surface area contributed by atoms with Gasteiger partial charge in [0.25, 0.3) is 11.8 Å². The first-order valence-electron chi connectivity index (χ1n) is 8.94. The summed E-state index contributed by atoms with van der Waals surface area (Å²) in [7, 11) is 0. The zero-order valence-corrected chi connectivity index (χ0v) is 14.6. The zero-order valence-electron chi connectivity index (χ0n) is 14.6. The lowest BCUT2D eigenvalue weighted by molar-refractivity contribution is 0.0651. The van der Waals surface area contributed by atoms with E-state index < -0.39 is 0 Å². The van der Waals surface area contributed by atoms with Crippen molar-refractivity contribution in [2.75, 3.05) is 13.1 Å². The molecule has 0 spiro atoms. The lowest BCUT2D eigenvalue weighted by Crippen LogP contribution is -2.31. The molecule has 2 aromatic carbocycles. The van der Waals surface area contributed by atoms with E-state index in [1.165, 1.54) is 16.0 Å². The molecule has 0 aromatic heterocycles. The molecule has 1 aliphatic heterocycles. The van der Waals surface area contributed by atoms with E-state index in [1.807, 2.05) is 0 Å². The summed E-state index contributed by atoms with van der Waals surface area (Å²) in [4.78, 5) is 25.9. The van der Waals surface area contributed by atoms with Gasteiger partial charge in [-0.25, -0.2) is 0 Å². The first-order chi connectivity index (χ1) is 12.2. The van der Waals surface area contributed by atoms with Crippen LogP contribution in [0.25, 0.3) is 0 Å². The highest BCUT2D eigenvalue weighted by Crippen LogP contribution is 2.22. The highest BCUT2D eigenvalue weighted by Gasteiger charge is 2.34. The Labute approximate surface area is 148 Å². The molecule has 3 rings (SSSR count). The van der Waals surface area contributed by atoms with Gasteiger partial charge in [-0.1, -0.05) is 43.3 Å². The minimum Gasteiger partial charge on any atom is -0.313 e. The van der Waals surface area contributed by atoms with E-state index in [0.29, 0.717) is 17.7 Å². The largest absolute Gasteiger partial charge is 0.313 e. The van der Waals surface area contributed by atoms with Gasteiger partial charge in [0.15, 0.2) is 0 Å². The Balaban J connectivity index is 1.39. The molecule has 1 heterocycles. The molecule has 0 bridgehead atoms. The van der Waals surface area contributed by atoms with E-state index in [4.69, 9.17) is 0 Å². The second-order valence-electron chi connectivity index (χ2n) is 6.36. The van der Waals surface area contributed by atoms with Gasteiger partial charge in [-0.05, 0) is 49.1 Å². The molecule has 0 saturated heterocycles. The predicted octanol–water partition coefficient (Wildman–Crippen LogP) is 3.42. The summed E-state index contributed by atoms with van der Waals surface area (Å²) in [5.74, 6) is -0.324. The highest BCUT2D eigenvalue weighted by atomic mass is 16.2. The molecule has 0 saturated carbocycles. The zero-order chi connectivity index (χ0) is 17.6. The van der Waals surface area contributed by atoms with Crippen LogP contribution in [-0.4, -0.2) is 29.8 Å². The van der Waals surface area contributed by atoms with Crippen molar-refractivity contribution in [3.63, 3.8) is 0 Å². The molecule has 2 amide bonds. The standard InChI is InChI=1S/C21H24N2O2/c1-2-16-8-7-9-17(14-16)15-22-12-5-6-13-23-20(24)18-10-3-4-11-19(18)21(23)25/h3-4,7-11,14,22H,2,5-6,12-13,15H2,1H3. The number of nitrogens with one attached hydrogen (secondary N) is 1. The predicted molar refractivity (Wildman–Crippen MR) is 98.6 cm³/mol. The van der Waals surface area contributed by atoms with Crippen LogP contribution in [0.3, 0.4) is 0 Å². The molecular formula is C21H24N2O2. The number of amides is 2. The molecule has 0 atom stereocenters. The number of carbonyl (C=O) groups excluding carboxylic acids is 2. The SMILES string of the molecule is CCc1cccc(CNCCCCN2C(=O)c3ccccc3C2=O)c1. The fourth-order valence-corrected chi connectivity index (χ4v) is 3.15. The third-order valence-corrected chi connectivity index (χ3v) is 4.59. The maximum atomic E-state index is 12.3. The molecule has 0 fully saturated rings. The van der Waals surface area contributed by atoms with Crippen LogP contribution in [0.5, 0.6) is 0 Å². The summed E-state index contributed by atoms with van der Waals surface area (Å²) < 4.78 is 0. The molecule has 1 aliphatic rings. The van der Waals surface area contributed by atoms with Crippen molar-refractivity contribution in [2.45, 2.75) is 32.7 Å². The molecule has 25 heavy (non-hydrogen) atoms. The normalized spacial score (nSPS) is 13.4. The van der Waals surface area contributed by atoms with Crippen molar-refractivity contribution >= 4 is 11.8 Å². The number of benzene rings is 2. The fourth-order valence-electron chi connectivity index (χ4n) is 3.15. The molecule has 0 radical (unpaired) electrons. The highest BCUT2D eigenvalue weighted by molar-refractivity contribution is 6.21. The lowest BCUT2D eigenvalue weighted by Gasteiger charge is -2.13. The number of nitrogens with zero attached hydrogens (tertiary/aromatic N) is 1. The second kappa shape index (κ2) is 8.08. The van der Waals surface area contributed by atoms with Crippen LogP contribution in [0.1, 0.15) is 51.6 Å². The number of rotatable bonds is 8. The van der Waals surface area contributed by atoms with Crippen LogP contribution in [-0.2, 0) is 13.0 Å². The van der Waals surface area contributed by atoms with Crippen molar-refractivity contribution in [2.24, 2.45) is 0 Å². The van der Waals surface area contributed by atoms with Crippen LogP contribution in [0.4, 0.5) is 0 Å². The van der Waals surface area contributed by atoms with Gasteiger partial charge in [0, 0.05) is 13.1 Å². The van der Waals surface area contributed by atoms with E-state index in [0.717, 1.165) is 32.4 Å². The van der Waals surface area contributed by atoms with Crippen LogP contribution < -0.4 is 5.32 Å². The first kappa shape index (κ1) is 17.4. The molecule has 4 heteroatoms. The summed E-state index contributed by atoms with van der Waals surface area (Å²) in [5.41, 5.74) is 3.70. The van der Waals surface area contributed by atoms with Gasteiger partial charge in [-0.3, -0.25) is 14.5 Å². The average Bonchev–Trinajstić information content (AvgIpc) is 2.89. The number of carbonyl (C=O) groups is 2. The molecule has 1 N–H and O–H groups in total. The Morgan fingerprint density at radius 2 is 1.56 bits per heavy atom. The van der Waals surface area contributed by atoms with E-state index >= 15 is 0 Å². The van der Waals surface area contributed by atoms with Gasteiger partial charge in [0.05, 0.1) is 11.1 Å². The van der Waals surface area contributed by atoms with E-state index in [-0.39, 0.29) is 11.8 Å². The number of unbranched alkanes of at least 4 members (excludes halogenated alkanes) is 1. The fraction of sp³-hybridized carbons (Fsp3) is 0.333. The van der Waals surface area contributed by atoms with E-state index in [9.17, 15) is 9.59 Å². The Bertz CT molecular complexity index is 735. The van der Waals surface area contributed by atoms with Crippen molar-refractivity contribution in [3.05, 3.63) is 70.8 Å². The van der Waals surface area contributed by atoms with Crippen LogP contribution in [0.15, 0.2) is 48.5 Å². The van der Waals surface area contributed by atoms with Crippen molar-refractivity contribution < 1.29 is 9.59 Å².